The smallest absolute Gasteiger partial charge is 0.249 e. The second-order valence-electron chi connectivity index (χ2n) is 7.69. The number of likely N-dealkylation sites (tertiary alicyclic amines) is 1. The van der Waals surface area contributed by atoms with Crippen LogP contribution in [0.1, 0.15) is 25.3 Å². The molecule has 1 aromatic rings. The van der Waals surface area contributed by atoms with Gasteiger partial charge < -0.3 is 20.3 Å². The van der Waals surface area contributed by atoms with Gasteiger partial charge >= 0.3 is 0 Å². The molecule has 160 valence electrons. The van der Waals surface area contributed by atoms with Crippen LogP contribution in [-0.2, 0) is 9.53 Å². The van der Waals surface area contributed by atoms with Crippen LogP contribution in [0.3, 0.4) is 0 Å². The number of nitrogens with zero attached hydrogens (tertiary/aromatic N) is 4. The zero-order chi connectivity index (χ0) is 21.4. The van der Waals surface area contributed by atoms with E-state index in [1.54, 1.807) is 19.2 Å². The van der Waals surface area contributed by atoms with Crippen molar-refractivity contribution >= 4 is 46.5 Å². The van der Waals surface area contributed by atoms with Crippen molar-refractivity contribution in [2.24, 2.45) is 15.7 Å². The molecule has 3 aliphatic rings. The lowest BCUT2D eigenvalue weighted by Gasteiger charge is -2.30. The van der Waals surface area contributed by atoms with Crippen molar-refractivity contribution in [2.45, 2.75) is 31.8 Å². The maximum atomic E-state index is 13.3. The van der Waals surface area contributed by atoms with Crippen molar-refractivity contribution in [3.05, 3.63) is 39.4 Å². The van der Waals surface area contributed by atoms with Gasteiger partial charge in [0.05, 0.1) is 29.9 Å². The Morgan fingerprint density at radius 1 is 1.37 bits per heavy atom. The summed E-state index contributed by atoms with van der Waals surface area (Å²) in [6, 6.07) is 4.95. The molecule has 1 saturated heterocycles. The Bertz CT molecular complexity index is 959. The van der Waals surface area contributed by atoms with Crippen LogP contribution in [0.5, 0.6) is 0 Å². The molecule has 0 spiro atoms. The van der Waals surface area contributed by atoms with E-state index in [0.717, 1.165) is 41.9 Å². The van der Waals surface area contributed by atoms with E-state index in [2.05, 4.69) is 9.98 Å². The van der Waals surface area contributed by atoms with Crippen molar-refractivity contribution in [3.8, 4) is 0 Å². The van der Waals surface area contributed by atoms with Gasteiger partial charge in [0, 0.05) is 42.1 Å². The van der Waals surface area contributed by atoms with Crippen molar-refractivity contribution in [1.29, 1.82) is 0 Å². The first-order chi connectivity index (χ1) is 14.4. The number of fused-ring (bicyclic) bond motifs is 1. The minimum absolute atomic E-state index is 0.0140. The minimum Gasteiger partial charge on any atom is -0.383 e. The average molecular weight is 450 g/mol. The lowest BCUT2D eigenvalue weighted by Crippen LogP contribution is -2.45. The van der Waals surface area contributed by atoms with Crippen LogP contribution in [0.15, 0.2) is 33.8 Å². The van der Waals surface area contributed by atoms with Crippen molar-refractivity contribution in [3.63, 3.8) is 0 Å². The lowest BCUT2D eigenvalue weighted by molar-refractivity contribution is -0.134. The zero-order valence-corrected chi connectivity index (χ0v) is 18.6. The van der Waals surface area contributed by atoms with E-state index >= 15 is 0 Å². The van der Waals surface area contributed by atoms with Gasteiger partial charge in [-0.05, 0) is 38.0 Å². The summed E-state index contributed by atoms with van der Waals surface area (Å²) in [7, 11) is 1.66. The highest BCUT2D eigenvalue weighted by Gasteiger charge is 2.40. The predicted molar refractivity (Wildman–Crippen MR) is 120 cm³/mol. The quantitative estimate of drug-likeness (QED) is 0.748. The Balaban J connectivity index is 1.67. The van der Waals surface area contributed by atoms with Crippen molar-refractivity contribution in [2.75, 3.05) is 33.4 Å². The average Bonchev–Trinajstić information content (AvgIpc) is 3.34. The Kier molecular flexibility index (Phi) is 6.16. The standard InChI is InChI=1S/C21H25Cl2N5O2/c1-12-16(9-24)19(15-6-5-13(22)8-17(15)23)28-10-18(26-21(28)25-12)20(29)27-7-3-4-14(27)11-30-2/h5-6,8,14,18H,3-4,7,9-11,24H2,1-2H3/t14-,18?/m0/s1. The molecule has 1 unspecified atom stereocenters. The van der Waals surface area contributed by atoms with E-state index in [0.29, 0.717) is 35.7 Å². The number of ether oxygens (including phenoxy) is 1. The number of carbonyl (C=O) groups is 1. The summed E-state index contributed by atoms with van der Waals surface area (Å²) in [4.78, 5) is 26.4. The molecule has 1 aromatic carbocycles. The molecule has 3 aliphatic heterocycles. The Morgan fingerprint density at radius 2 is 2.17 bits per heavy atom. The molecule has 30 heavy (non-hydrogen) atoms. The van der Waals surface area contributed by atoms with Gasteiger partial charge in [-0.25, -0.2) is 9.98 Å². The highest BCUT2D eigenvalue weighted by Crippen LogP contribution is 2.36. The van der Waals surface area contributed by atoms with Crippen LogP contribution in [0.2, 0.25) is 10.0 Å². The third-order valence-corrected chi connectivity index (χ3v) is 6.37. The van der Waals surface area contributed by atoms with Crippen molar-refractivity contribution in [1.82, 2.24) is 9.80 Å². The molecule has 4 rings (SSSR count). The number of nitrogens with two attached hydrogens (primary N) is 1. The normalized spacial score (nSPS) is 23.6. The molecule has 1 fully saturated rings. The van der Waals surface area contributed by atoms with E-state index in [1.807, 2.05) is 22.8 Å². The molecule has 9 heteroatoms. The maximum Gasteiger partial charge on any atom is 0.249 e. The highest BCUT2D eigenvalue weighted by atomic mass is 35.5. The van der Waals surface area contributed by atoms with E-state index in [4.69, 9.17) is 33.7 Å². The topological polar surface area (TPSA) is 83.5 Å². The summed E-state index contributed by atoms with van der Waals surface area (Å²) in [5.74, 6) is 0.534. The van der Waals surface area contributed by atoms with E-state index in [9.17, 15) is 4.79 Å². The summed E-state index contributed by atoms with van der Waals surface area (Å²) in [5.41, 5.74) is 9.37. The Labute approximate surface area is 186 Å². The summed E-state index contributed by atoms with van der Waals surface area (Å²) in [6.45, 7) is 3.87. The van der Waals surface area contributed by atoms with Gasteiger partial charge in [-0.15, -0.1) is 0 Å². The maximum absolute atomic E-state index is 13.3. The summed E-state index contributed by atoms with van der Waals surface area (Å²) in [5, 5.41) is 1.08. The number of amides is 1. The molecule has 3 heterocycles. The molecule has 0 aromatic heterocycles. The number of guanidine groups is 1. The van der Waals surface area contributed by atoms with Gasteiger partial charge in [0.2, 0.25) is 11.9 Å². The summed E-state index contributed by atoms with van der Waals surface area (Å²) in [6.07, 6.45) is 1.93. The van der Waals surface area contributed by atoms with Crippen LogP contribution in [0, 0.1) is 0 Å². The second-order valence-corrected chi connectivity index (χ2v) is 8.53. The molecule has 2 atom stereocenters. The third-order valence-electron chi connectivity index (χ3n) is 5.82. The van der Waals surface area contributed by atoms with Crippen molar-refractivity contribution < 1.29 is 9.53 Å². The summed E-state index contributed by atoms with van der Waals surface area (Å²) >= 11 is 12.6. The minimum atomic E-state index is -0.521. The van der Waals surface area contributed by atoms with Gasteiger partial charge in [-0.1, -0.05) is 23.2 Å². The molecular formula is C21H25Cl2N5O2. The molecule has 0 saturated carbocycles. The zero-order valence-electron chi connectivity index (χ0n) is 17.1. The second kappa shape index (κ2) is 8.67. The molecular weight excluding hydrogens is 425 g/mol. The highest BCUT2D eigenvalue weighted by molar-refractivity contribution is 6.36. The number of rotatable bonds is 5. The molecule has 0 aliphatic carbocycles. The fourth-order valence-electron chi connectivity index (χ4n) is 4.39. The number of halogens is 2. The Hall–Kier alpha value is -1.93. The third kappa shape index (κ3) is 3.75. The molecule has 0 radical (unpaired) electrons. The number of methoxy groups -OCH3 is 1. The van der Waals surface area contributed by atoms with Crippen LogP contribution < -0.4 is 5.73 Å². The molecule has 1 amide bonds. The first-order valence-corrected chi connectivity index (χ1v) is 10.8. The molecule has 2 N–H and O–H groups in total. The summed E-state index contributed by atoms with van der Waals surface area (Å²) < 4.78 is 5.30. The van der Waals surface area contributed by atoms with Gasteiger partial charge in [0.15, 0.2) is 6.04 Å². The van der Waals surface area contributed by atoms with Gasteiger partial charge in [-0.2, -0.15) is 0 Å². The van der Waals surface area contributed by atoms with Crippen LogP contribution >= 0.6 is 23.2 Å². The van der Waals surface area contributed by atoms with Gasteiger partial charge in [0.1, 0.15) is 0 Å². The first-order valence-electron chi connectivity index (χ1n) is 10.0. The Morgan fingerprint density at radius 3 is 2.87 bits per heavy atom. The van der Waals surface area contributed by atoms with Gasteiger partial charge in [0.25, 0.3) is 0 Å². The SMILES string of the molecule is COC[C@@H]1CCCN1C(=O)C1CN2C(=N1)N=C(C)C(CN)=C2c1ccc(Cl)cc1Cl. The lowest BCUT2D eigenvalue weighted by atomic mass is 10.00. The number of aliphatic imine (C=N–C) groups is 2. The fourth-order valence-corrected chi connectivity index (χ4v) is 4.88. The first kappa shape index (κ1) is 21.3. The number of hydrogen-bond acceptors (Lipinski definition) is 6. The van der Waals surface area contributed by atoms with Gasteiger partial charge in [-0.3, -0.25) is 4.79 Å². The fraction of sp³-hybridized carbons (Fsp3) is 0.476. The monoisotopic (exact) mass is 449 g/mol. The van der Waals surface area contributed by atoms with Crippen LogP contribution in [-0.4, -0.2) is 72.8 Å². The van der Waals surface area contributed by atoms with E-state index < -0.39 is 6.04 Å². The van der Waals surface area contributed by atoms with E-state index in [-0.39, 0.29) is 11.9 Å². The largest absolute Gasteiger partial charge is 0.383 e. The molecule has 7 nitrogen and oxygen atoms in total. The number of carbonyl (C=O) groups excluding carboxylic acids is 1. The number of benzene rings is 1. The molecule has 0 bridgehead atoms. The number of hydrogen-bond donors (Lipinski definition) is 1. The van der Waals surface area contributed by atoms with Crippen LogP contribution in [0.4, 0.5) is 0 Å². The predicted octanol–water partition coefficient (Wildman–Crippen LogP) is 2.82. The van der Waals surface area contributed by atoms with E-state index in [1.165, 1.54) is 0 Å². The van der Waals surface area contributed by atoms with Crippen LogP contribution in [0.25, 0.3) is 5.70 Å².